The second kappa shape index (κ2) is 5.65. The van der Waals surface area contributed by atoms with Crippen LogP contribution in [0.15, 0.2) is 52.4 Å². The maximum atomic E-state index is 12.1. The number of amides is 1. The minimum Gasteiger partial charge on any atom is -0.355 e. The molecule has 2 aromatic heterocycles. The van der Waals surface area contributed by atoms with Crippen LogP contribution >= 0.6 is 11.3 Å². The summed E-state index contributed by atoms with van der Waals surface area (Å²) in [6.45, 7) is 0. The minimum atomic E-state index is -0.337. The number of terminal acetylenes is 1. The van der Waals surface area contributed by atoms with Gasteiger partial charge in [0.25, 0.3) is 5.91 Å². The summed E-state index contributed by atoms with van der Waals surface area (Å²) in [4.78, 5) is 13.0. The van der Waals surface area contributed by atoms with Gasteiger partial charge in [-0.15, -0.1) is 17.8 Å². The topological polar surface area (TPSA) is 55.1 Å². The minimum absolute atomic E-state index is 0.226. The third-order valence-electron chi connectivity index (χ3n) is 2.79. The van der Waals surface area contributed by atoms with Gasteiger partial charge >= 0.3 is 0 Å². The van der Waals surface area contributed by atoms with Crippen LogP contribution in [0.3, 0.4) is 0 Å². The van der Waals surface area contributed by atoms with Crippen LogP contribution in [0.25, 0.3) is 10.6 Å². The average molecular weight is 294 g/mol. The van der Waals surface area contributed by atoms with Crippen LogP contribution in [0.5, 0.6) is 0 Å². The lowest BCUT2D eigenvalue weighted by molar-refractivity contribution is 0.101. The SMILES string of the molecule is C#Cc1cccc(NC(=O)c2cc(-c3cccs3)on2)c1. The molecule has 4 nitrogen and oxygen atoms in total. The molecule has 0 saturated heterocycles. The molecule has 0 bridgehead atoms. The first-order valence-electron chi connectivity index (χ1n) is 6.15. The van der Waals surface area contributed by atoms with Crippen molar-refractivity contribution in [2.24, 2.45) is 0 Å². The maximum Gasteiger partial charge on any atom is 0.277 e. The highest BCUT2D eigenvalue weighted by atomic mass is 32.1. The fourth-order valence-electron chi connectivity index (χ4n) is 1.80. The van der Waals surface area contributed by atoms with Crippen LogP contribution in [0.2, 0.25) is 0 Å². The largest absolute Gasteiger partial charge is 0.355 e. The molecule has 5 heteroatoms. The Hall–Kier alpha value is -2.84. The Bertz CT molecular complexity index is 813. The van der Waals surface area contributed by atoms with Gasteiger partial charge in [0.1, 0.15) is 0 Å². The highest BCUT2D eigenvalue weighted by Gasteiger charge is 2.14. The van der Waals surface area contributed by atoms with Gasteiger partial charge in [0.2, 0.25) is 0 Å². The maximum absolute atomic E-state index is 12.1. The van der Waals surface area contributed by atoms with Crippen LogP contribution in [0.1, 0.15) is 16.1 Å². The highest BCUT2D eigenvalue weighted by Crippen LogP contribution is 2.25. The molecule has 21 heavy (non-hydrogen) atoms. The van der Waals surface area contributed by atoms with Crippen molar-refractivity contribution >= 4 is 22.9 Å². The van der Waals surface area contributed by atoms with Gasteiger partial charge in [0.15, 0.2) is 11.5 Å². The normalized spacial score (nSPS) is 10.0. The van der Waals surface area contributed by atoms with Crippen molar-refractivity contribution < 1.29 is 9.32 Å². The van der Waals surface area contributed by atoms with E-state index in [0.717, 1.165) is 4.88 Å². The van der Waals surface area contributed by atoms with E-state index < -0.39 is 0 Å². The van der Waals surface area contributed by atoms with Crippen molar-refractivity contribution in [3.63, 3.8) is 0 Å². The van der Waals surface area contributed by atoms with Crippen LogP contribution < -0.4 is 5.32 Å². The molecule has 1 amide bonds. The first kappa shape index (κ1) is 13.2. The molecular formula is C16H10N2O2S. The lowest BCUT2D eigenvalue weighted by atomic mass is 10.2. The number of nitrogens with zero attached hydrogens (tertiary/aromatic N) is 1. The number of hydrogen-bond acceptors (Lipinski definition) is 4. The van der Waals surface area contributed by atoms with Gasteiger partial charge in [-0.05, 0) is 29.6 Å². The van der Waals surface area contributed by atoms with E-state index in [9.17, 15) is 4.79 Å². The van der Waals surface area contributed by atoms with E-state index in [1.165, 1.54) is 11.3 Å². The Morgan fingerprint density at radius 2 is 2.19 bits per heavy atom. The molecule has 0 fully saturated rings. The molecular weight excluding hydrogens is 284 g/mol. The number of benzene rings is 1. The van der Waals surface area contributed by atoms with Gasteiger partial charge in [0.05, 0.1) is 4.88 Å². The van der Waals surface area contributed by atoms with E-state index in [1.54, 1.807) is 30.3 Å². The van der Waals surface area contributed by atoms with Gasteiger partial charge in [-0.25, -0.2) is 0 Å². The summed E-state index contributed by atoms with van der Waals surface area (Å²) in [5.74, 6) is 2.76. The number of anilines is 1. The van der Waals surface area contributed by atoms with Crippen molar-refractivity contribution in [3.8, 4) is 23.0 Å². The van der Waals surface area contributed by atoms with Crippen molar-refractivity contribution in [2.75, 3.05) is 5.32 Å². The summed E-state index contributed by atoms with van der Waals surface area (Å²) in [7, 11) is 0. The van der Waals surface area contributed by atoms with Crippen LogP contribution in [-0.2, 0) is 0 Å². The Labute approximate surface area is 125 Å². The average Bonchev–Trinajstić information content (AvgIpc) is 3.18. The van der Waals surface area contributed by atoms with Gasteiger partial charge in [-0.1, -0.05) is 23.2 Å². The Morgan fingerprint density at radius 1 is 1.29 bits per heavy atom. The predicted molar refractivity (Wildman–Crippen MR) is 82.1 cm³/mol. The van der Waals surface area contributed by atoms with Crippen LogP contribution in [0, 0.1) is 12.3 Å². The molecule has 0 saturated carbocycles. The zero-order chi connectivity index (χ0) is 14.7. The first-order chi connectivity index (χ1) is 10.3. The molecule has 0 aliphatic carbocycles. The third kappa shape index (κ3) is 2.86. The van der Waals surface area contributed by atoms with Crippen molar-refractivity contribution in [1.29, 1.82) is 0 Å². The number of hydrogen-bond donors (Lipinski definition) is 1. The second-order valence-corrected chi connectivity index (χ2v) is 5.18. The third-order valence-corrected chi connectivity index (χ3v) is 3.68. The lowest BCUT2D eigenvalue weighted by Crippen LogP contribution is -2.12. The second-order valence-electron chi connectivity index (χ2n) is 4.23. The van der Waals surface area contributed by atoms with Gasteiger partial charge in [-0.2, -0.15) is 0 Å². The van der Waals surface area contributed by atoms with E-state index in [4.69, 9.17) is 10.9 Å². The molecule has 2 heterocycles. The summed E-state index contributed by atoms with van der Waals surface area (Å²) in [6, 6.07) is 12.5. The summed E-state index contributed by atoms with van der Waals surface area (Å²) in [5.41, 5.74) is 1.55. The fraction of sp³-hybridized carbons (Fsp3) is 0. The molecule has 0 unspecified atom stereocenters. The Kier molecular flexibility index (Phi) is 3.54. The number of aromatic nitrogens is 1. The zero-order valence-electron chi connectivity index (χ0n) is 10.9. The van der Waals surface area contributed by atoms with E-state index in [0.29, 0.717) is 17.0 Å². The quantitative estimate of drug-likeness (QED) is 0.750. The highest BCUT2D eigenvalue weighted by molar-refractivity contribution is 7.13. The predicted octanol–water partition coefficient (Wildman–Crippen LogP) is 3.64. The molecule has 3 aromatic rings. The molecule has 102 valence electrons. The van der Waals surface area contributed by atoms with Gasteiger partial charge < -0.3 is 9.84 Å². The molecule has 0 atom stereocenters. The number of thiophene rings is 1. The molecule has 0 aliphatic heterocycles. The standard InChI is InChI=1S/C16H10N2O2S/c1-2-11-5-3-6-12(9-11)17-16(19)13-10-14(20-18-13)15-7-4-8-21-15/h1,3-10H,(H,17,19). The molecule has 1 aromatic carbocycles. The lowest BCUT2D eigenvalue weighted by Gasteiger charge is -2.02. The number of nitrogens with one attached hydrogen (secondary N) is 1. The van der Waals surface area contributed by atoms with Crippen molar-refractivity contribution in [2.45, 2.75) is 0 Å². The first-order valence-corrected chi connectivity index (χ1v) is 7.03. The molecule has 0 aliphatic rings. The monoisotopic (exact) mass is 294 g/mol. The summed E-state index contributed by atoms with van der Waals surface area (Å²) in [6.07, 6.45) is 5.33. The van der Waals surface area contributed by atoms with Crippen LogP contribution in [0.4, 0.5) is 5.69 Å². The van der Waals surface area contributed by atoms with E-state index in [2.05, 4.69) is 16.4 Å². The fourth-order valence-corrected chi connectivity index (χ4v) is 2.47. The van der Waals surface area contributed by atoms with Gasteiger partial charge in [-0.3, -0.25) is 4.79 Å². The van der Waals surface area contributed by atoms with Crippen LogP contribution in [-0.4, -0.2) is 11.1 Å². The summed E-state index contributed by atoms with van der Waals surface area (Å²) in [5, 5.41) is 8.46. The van der Waals surface area contributed by atoms with E-state index >= 15 is 0 Å². The Morgan fingerprint density at radius 3 is 2.95 bits per heavy atom. The van der Waals surface area contributed by atoms with E-state index in [1.807, 2.05) is 17.5 Å². The Balaban J connectivity index is 1.78. The summed E-state index contributed by atoms with van der Waals surface area (Å²) < 4.78 is 5.18. The molecule has 1 N–H and O–H groups in total. The summed E-state index contributed by atoms with van der Waals surface area (Å²) >= 11 is 1.52. The molecule has 3 rings (SSSR count). The van der Waals surface area contributed by atoms with E-state index in [-0.39, 0.29) is 11.6 Å². The number of rotatable bonds is 3. The smallest absolute Gasteiger partial charge is 0.277 e. The number of carbonyl (C=O) groups excluding carboxylic acids is 1. The van der Waals surface area contributed by atoms with Crippen molar-refractivity contribution in [1.82, 2.24) is 5.16 Å². The molecule has 0 spiro atoms. The zero-order valence-corrected chi connectivity index (χ0v) is 11.7. The number of carbonyl (C=O) groups is 1. The van der Waals surface area contributed by atoms with Crippen molar-refractivity contribution in [3.05, 3.63) is 59.1 Å². The molecule has 0 radical (unpaired) electrons. The van der Waals surface area contributed by atoms with Gasteiger partial charge in [0, 0.05) is 17.3 Å².